The third-order valence-corrected chi connectivity index (χ3v) is 4.02. The Hall–Kier alpha value is -3.01. The molecule has 1 N–H and O–H groups in total. The molecule has 1 aliphatic carbocycles. The van der Waals surface area contributed by atoms with Crippen LogP contribution in [0.15, 0.2) is 60.7 Å². The van der Waals surface area contributed by atoms with Crippen LogP contribution in [0.25, 0.3) is 33.1 Å². The van der Waals surface area contributed by atoms with Gasteiger partial charge in [0.15, 0.2) is 0 Å². The molecule has 0 fully saturated rings. The van der Waals surface area contributed by atoms with Gasteiger partial charge in [0.05, 0.1) is 39.0 Å². The van der Waals surface area contributed by atoms with Crippen LogP contribution in [0.4, 0.5) is 0 Å². The Kier molecular flexibility index (Phi) is 2.24. The van der Waals surface area contributed by atoms with Crippen molar-refractivity contribution >= 4 is 33.1 Å². The Morgan fingerprint density at radius 3 is 2.36 bits per heavy atom. The average Bonchev–Trinajstić information content (AvgIpc) is 3.19. The molecule has 22 heavy (non-hydrogen) atoms. The predicted octanol–water partition coefficient (Wildman–Crippen LogP) is 3.87. The number of rotatable bonds is 1. The maximum absolute atomic E-state index is 4.71. The van der Waals surface area contributed by atoms with Crippen LogP contribution < -0.4 is 0 Å². The largest absolute Gasteiger partial charge is 0.352 e. The van der Waals surface area contributed by atoms with Crippen LogP contribution in [0.1, 0.15) is 11.7 Å². The number of nitrogens with zero attached hydrogens (tertiary/aromatic N) is 3. The minimum atomic E-state index is 0.187. The summed E-state index contributed by atoms with van der Waals surface area (Å²) < 4.78 is 0. The third kappa shape index (κ3) is 1.67. The molecule has 0 aliphatic heterocycles. The van der Waals surface area contributed by atoms with Crippen molar-refractivity contribution < 1.29 is 0 Å². The first-order valence-corrected chi connectivity index (χ1v) is 7.28. The quantitative estimate of drug-likeness (QED) is 0.540. The van der Waals surface area contributed by atoms with Crippen LogP contribution in [-0.4, -0.2) is 19.9 Å². The van der Waals surface area contributed by atoms with Gasteiger partial charge in [0, 0.05) is 0 Å². The summed E-state index contributed by atoms with van der Waals surface area (Å²) in [5, 5.41) is 0. The molecular weight excluding hydrogens is 272 g/mol. The second-order valence-electron chi connectivity index (χ2n) is 5.49. The van der Waals surface area contributed by atoms with Crippen LogP contribution in [-0.2, 0) is 0 Å². The summed E-state index contributed by atoms with van der Waals surface area (Å²) in [4.78, 5) is 17.5. The summed E-state index contributed by atoms with van der Waals surface area (Å²) in [7, 11) is 0. The molecule has 0 radical (unpaired) electrons. The number of benzene rings is 2. The number of aromatic amines is 1. The number of allylic oxidation sites excluding steroid dienone is 4. The molecule has 104 valence electrons. The van der Waals surface area contributed by atoms with Gasteiger partial charge in [-0.2, -0.15) is 0 Å². The van der Waals surface area contributed by atoms with Crippen molar-refractivity contribution in [2.24, 2.45) is 0 Å². The Morgan fingerprint density at radius 2 is 1.50 bits per heavy atom. The van der Waals surface area contributed by atoms with Crippen molar-refractivity contribution in [3.8, 4) is 0 Å². The molecule has 4 heteroatoms. The van der Waals surface area contributed by atoms with E-state index in [1.807, 2.05) is 48.6 Å². The van der Waals surface area contributed by atoms with E-state index >= 15 is 0 Å². The lowest BCUT2D eigenvalue weighted by Gasteiger charge is -2.01. The minimum Gasteiger partial charge on any atom is -0.352 e. The first-order valence-electron chi connectivity index (χ1n) is 7.28. The van der Waals surface area contributed by atoms with E-state index in [4.69, 9.17) is 4.98 Å². The fourth-order valence-electron chi connectivity index (χ4n) is 2.91. The molecule has 0 spiro atoms. The van der Waals surface area contributed by atoms with E-state index in [0.717, 1.165) is 38.9 Å². The molecule has 1 aliphatic rings. The number of para-hydroxylation sites is 2. The molecular formula is C18H12N4. The topological polar surface area (TPSA) is 54.5 Å². The van der Waals surface area contributed by atoms with Crippen LogP contribution in [0.3, 0.4) is 0 Å². The molecule has 5 rings (SSSR count). The van der Waals surface area contributed by atoms with Gasteiger partial charge in [-0.25, -0.2) is 15.0 Å². The van der Waals surface area contributed by atoms with Crippen molar-refractivity contribution in [1.82, 2.24) is 19.9 Å². The minimum absolute atomic E-state index is 0.187. The van der Waals surface area contributed by atoms with E-state index in [1.165, 1.54) is 0 Å². The Bertz CT molecular complexity index is 1000. The molecule has 0 atom stereocenters. The number of imidazole rings is 1. The fraction of sp³-hybridized carbons (Fsp3) is 0.0556. The third-order valence-electron chi connectivity index (χ3n) is 4.02. The maximum atomic E-state index is 4.71. The van der Waals surface area contributed by atoms with E-state index in [2.05, 4.69) is 27.1 Å². The van der Waals surface area contributed by atoms with Gasteiger partial charge in [0.2, 0.25) is 0 Å². The Balaban J connectivity index is 1.78. The number of nitrogens with one attached hydrogen (secondary N) is 1. The average molecular weight is 284 g/mol. The molecule has 4 aromatic rings. The molecule has 2 aromatic carbocycles. The predicted molar refractivity (Wildman–Crippen MR) is 87.7 cm³/mol. The van der Waals surface area contributed by atoms with E-state index < -0.39 is 0 Å². The lowest BCUT2D eigenvalue weighted by Crippen LogP contribution is -1.90. The van der Waals surface area contributed by atoms with Crippen molar-refractivity contribution in [3.63, 3.8) is 0 Å². The number of hydrogen-bond acceptors (Lipinski definition) is 3. The maximum Gasteiger partial charge on any atom is 0.140 e. The highest BCUT2D eigenvalue weighted by Crippen LogP contribution is 2.26. The Labute approximate surface area is 126 Å². The normalized spacial score (nSPS) is 14.7. The van der Waals surface area contributed by atoms with Gasteiger partial charge in [-0.1, -0.05) is 36.4 Å². The smallest absolute Gasteiger partial charge is 0.140 e. The van der Waals surface area contributed by atoms with Gasteiger partial charge in [-0.05, 0) is 24.3 Å². The zero-order valence-corrected chi connectivity index (χ0v) is 11.7. The van der Waals surface area contributed by atoms with E-state index in [1.54, 1.807) is 0 Å². The highest BCUT2D eigenvalue weighted by atomic mass is 14.9. The lowest BCUT2D eigenvalue weighted by molar-refractivity contribution is 0.971. The van der Waals surface area contributed by atoms with E-state index in [0.29, 0.717) is 0 Å². The van der Waals surface area contributed by atoms with Gasteiger partial charge < -0.3 is 4.98 Å². The SMILES string of the molecule is C1=CC(c2nc3cc4nc5ccccc5[nH]c4cc3n2)C=C1. The first-order chi connectivity index (χ1) is 10.9. The molecule has 0 unspecified atom stereocenters. The van der Waals surface area contributed by atoms with Crippen LogP contribution in [0.5, 0.6) is 0 Å². The van der Waals surface area contributed by atoms with Gasteiger partial charge in [0.1, 0.15) is 5.82 Å². The van der Waals surface area contributed by atoms with Crippen LogP contribution in [0, 0.1) is 0 Å². The fourth-order valence-corrected chi connectivity index (χ4v) is 2.91. The molecule has 0 bridgehead atoms. The van der Waals surface area contributed by atoms with Crippen molar-refractivity contribution in [2.75, 3.05) is 0 Å². The summed E-state index contributed by atoms with van der Waals surface area (Å²) in [6.07, 6.45) is 8.27. The second kappa shape index (κ2) is 4.24. The highest BCUT2D eigenvalue weighted by molar-refractivity contribution is 5.94. The second-order valence-corrected chi connectivity index (χ2v) is 5.49. The summed E-state index contributed by atoms with van der Waals surface area (Å²) in [6.45, 7) is 0. The van der Waals surface area contributed by atoms with Gasteiger partial charge in [-0.3, -0.25) is 0 Å². The zero-order chi connectivity index (χ0) is 14.5. The lowest BCUT2D eigenvalue weighted by atomic mass is 10.2. The summed E-state index contributed by atoms with van der Waals surface area (Å²) in [6, 6.07) is 12.1. The Morgan fingerprint density at radius 1 is 0.727 bits per heavy atom. The number of fused-ring (bicyclic) bond motifs is 3. The van der Waals surface area contributed by atoms with Crippen molar-refractivity contribution in [3.05, 3.63) is 66.5 Å². The zero-order valence-electron chi connectivity index (χ0n) is 11.7. The molecule has 4 nitrogen and oxygen atoms in total. The summed E-state index contributed by atoms with van der Waals surface area (Å²) >= 11 is 0. The number of H-pyrrole nitrogens is 1. The molecule has 2 heterocycles. The molecule has 0 saturated heterocycles. The molecule has 0 saturated carbocycles. The van der Waals surface area contributed by atoms with E-state index in [-0.39, 0.29) is 5.92 Å². The summed E-state index contributed by atoms with van der Waals surface area (Å²) in [5.41, 5.74) is 5.67. The first kappa shape index (κ1) is 11.6. The molecule has 2 aromatic heterocycles. The van der Waals surface area contributed by atoms with Crippen molar-refractivity contribution in [2.45, 2.75) is 5.92 Å². The van der Waals surface area contributed by atoms with Crippen LogP contribution >= 0.6 is 0 Å². The van der Waals surface area contributed by atoms with Crippen molar-refractivity contribution in [1.29, 1.82) is 0 Å². The number of aromatic nitrogens is 4. The monoisotopic (exact) mass is 284 g/mol. The van der Waals surface area contributed by atoms with Gasteiger partial charge in [-0.15, -0.1) is 0 Å². The molecule has 0 amide bonds. The van der Waals surface area contributed by atoms with E-state index in [9.17, 15) is 0 Å². The standard InChI is InChI=1S/C18H12N4/c1-2-6-11(5-1)18-21-16-9-14-15(10-17(16)22-18)20-13-8-4-3-7-12(13)19-14/h1-11,19H. The number of hydrogen-bond donors (Lipinski definition) is 1. The van der Waals surface area contributed by atoms with Gasteiger partial charge in [0.25, 0.3) is 0 Å². The van der Waals surface area contributed by atoms with Crippen LogP contribution in [0.2, 0.25) is 0 Å². The summed E-state index contributed by atoms with van der Waals surface area (Å²) in [5.74, 6) is 1.03. The highest BCUT2D eigenvalue weighted by Gasteiger charge is 2.14. The van der Waals surface area contributed by atoms with Gasteiger partial charge >= 0.3 is 0 Å².